The maximum Gasteiger partial charge on any atom is 0.416 e. The van der Waals surface area contributed by atoms with Gasteiger partial charge in [0.1, 0.15) is 0 Å². The van der Waals surface area contributed by atoms with E-state index in [-0.39, 0.29) is 0 Å². The van der Waals surface area contributed by atoms with Crippen LogP contribution in [0, 0.1) is 5.92 Å². The van der Waals surface area contributed by atoms with Gasteiger partial charge in [-0.25, -0.2) is 0 Å². The van der Waals surface area contributed by atoms with Crippen LogP contribution in [0.25, 0.3) is 0 Å². The molecule has 1 aliphatic rings. The van der Waals surface area contributed by atoms with E-state index in [2.05, 4.69) is 5.32 Å². The molecule has 1 fully saturated rings. The lowest BCUT2D eigenvalue weighted by Gasteiger charge is -2.22. The molecule has 5 heteroatoms. The second-order valence-corrected chi connectivity index (χ2v) is 5.74. The van der Waals surface area contributed by atoms with E-state index in [1.165, 1.54) is 36.5 Å². The number of rotatable bonds is 3. The summed E-state index contributed by atoms with van der Waals surface area (Å²) < 4.78 is 37.1. The van der Waals surface area contributed by atoms with Crippen molar-refractivity contribution in [1.29, 1.82) is 0 Å². The van der Waals surface area contributed by atoms with E-state index in [9.17, 15) is 13.2 Å². The topological polar surface area (TPSA) is 12.0 Å². The minimum atomic E-state index is -4.25. The van der Waals surface area contributed by atoms with Crippen molar-refractivity contribution in [1.82, 2.24) is 0 Å². The van der Waals surface area contributed by atoms with Crippen LogP contribution in [0.3, 0.4) is 0 Å². The smallest absolute Gasteiger partial charge is 0.385 e. The van der Waals surface area contributed by atoms with E-state index < -0.39 is 11.7 Å². The summed E-state index contributed by atoms with van der Waals surface area (Å²) in [4.78, 5) is 0. The Balaban J connectivity index is 1.86. The Kier molecular flexibility index (Phi) is 4.43. The van der Waals surface area contributed by atoms with Crippen molar-refractivity contribution >= 4 is 17.4 Å². The van der Waals surface area contributed by atoms with Crippen LogP contribution < -0.4 is 5.32 Å². The van der Waals surface area contributed by atoms with Crippen LogP contribution >= 0.6 is 11.8 Å². The van der Waals surface area contributed by atoms with Crippen molar-refractivity contribution in [3.8, 4) is 0 Å². The predicted molar refractivity (Wildman–Crippen MR) is 70.0 cm³/mol. The summed E-state index contributed by atoms with van der Waals surface area (Å²) in [6.45, 7) is 0.853. The van der Waals surface area contributed by atoms with Gasteiger partial charge in [0.05, 0.1) is 5.56 Å². The Morgan fingerprint density at radius 2 is 1.72 bits per heavy atom. The van der Waals surface area contributed by atoms with E-state index in [4.69, 9.17) is 0 Å². The molecule has 0 radical (unpaired) electrons. The number of benzene rings is 1. The highest BCUT2D eigenvalue weighted by Crippen LogP contribution is 2.30. The molecule has 1 aromatic carbocycles. The van der Waals surface area contributed by atoms with E-state index in [0.29, 0.717) is 5.92 Å². The minimum Gasteiger partial charge on any atom is -0.385 e. The number of halogens is 3. The van der Waals surface area contributed by atoms with Gasteiger partial charge in [0.25, 0.3) is 0 Å². The molecule has 0 spiro atoms. The van der Waals surface area contributed by atoms with Crippen LogP contribution in [0.1, 0.15) is 18.4 Å². The van der Waals surface area contributed by atoms with Crippen LogP contribution in [0.15, 0.2) is 24.3 Å². The number of hydrogen-bond acceptors (Lipinski definition) is 2. The maximum atomic E-state index is 12.4. The molecule has 0 bridgehead atoms. The standard InChI is InChI=1S/C13H16F3NS/c14-13(15,16)11-1-3-12(4-2-11)17-9-10-5-7-18-8-6-10/h1-4,10,17H,5-9H2. The molecule has 0 atom stereocenters. The number of anilines is 1. The summed E-state index contributed by atoms with van der Waals surface area (Å²) in [7, 11) is 0. The van der Waals surface area contributed by atoms with Gasteiger partial charge in [-0.1, -0.05) is 0 Å². The average Bonchev–Trinajstić information content (AvgIpc) is 2.37. The number of thioether (sulfide) groups is 1. The van der Waals surface area contributed by atoms with E-state index in [0.717, 1.165) is 24.4 Å². The number of hydrogen-bond donors (Lipinski definition) is 1. The first-order valence-electron chi connectivity index (χ1n) is 6.04. The third-order valence-electron chi connectivity index (χ3n) is 3.15. The molecular formula is C13H16F3NS. The van der Waals surface area contributed by atoms with E-state index in [1.807, 2.05) is 11.8 Å². The van der Waals surface area contributed by atoms with E-state index in [1.54, 1.807) is 0 Å². The van der Waals surface area contributed by atoms with Crippen LogP contribution in [-0.4, -0.2) is 18.1 Å². The second kappa shape index (κ2) is 5.87. The molecule has 1 N–H and O–H groups in total. The zero-order valence-corrected chi connectivity index (χ0v) is 10.8. The minimum absolute atomic E-state index is 0.595. The van der Waals surface area contributed by atoms with Gasteiger partial charge in [-0.2, -0.15) is 24.9 Å². The third-order valence-corrected chi connectivity index (χ3v) is 4.20. The molecule has 18 heavy (non-hydrogen) atoms. The van der Waals surface area contributed by atoms with Crippen molar-refractivity contribution in [2.45, 2.75) is 19.0 Å². The monoisotopic (exact) mass is 275 g/mol. The molecule has 1 aliphatic heterocycles. The Bertz CT molecular complexity index is 369. The van der Waals surface area contributed by atoms with Gasteiger partial charge in [-0.15, -0.1) is 0 Å². The van der Waals surface area contributed by atoms with E-state index >= 15 is 0 Å². The van der Waals surface area contributed by atoms with Gasteiger partial charge in [0.2, 0.25) is 0 Å². The van der Waals surface area contributed by atoms with Gasteiger partial charge >= 0.3 is 6.18 Å². The molecule has 0 amide bonds. The lowest BCUT2D eigenvalue weighted by Crippen LogP contribution is -2.19. The highest BCUT2D eigenvalue weighted by atomic mass is 32.2. The fraction of sp³-hybridized carbons (Fsp3) is 0.538. The Hall–Kier alpha value is -0.840. The maximum absolute atomic E-state index is 12.4. The highest BCUT2D eigenvalue weighted by Gasteiger charge is 2.29. The third kappa shape index (κ3) is 3.83. The Labute approximate surface area is 109 Å². The van der Waals surface area contributed by atoms with Crippen molar-refractivity contribution < 1.29 is 13.2 Å². The molecule has 0 unspecified atom stereocenters. The average molecular weight is 275 g/mol. The SMILES string of the molecule is FC(F)(F)c1ccc(NCC2CCSCC2)cc1. The molecule has 1 heterocycles. The zero-order valence-electron chi connectivity index (χ0n) is 9.96. The lowest BCUT2D eigenvalue weighted by atomic mass is 10.0. The molecule has 100 valence electrons. The molecule has 2 rings (SSSR count). The van der Waals surface area contributed by atoms with Crippen molar-refractivity contribution in [3.63, 3.8) is 0 Å². The number of nitrogens with one attached hydrogen (secondary N) is 1. The Morgan fingerprint density at radius 3 is 2.28 bits per heavy atom. The summed E-state index contributed by atoms with van der Waals surface area (Å²) in [6.07, 6.45) is -1.87. The normalized spacial score (nSPS) is 17.7. The zero-order chi connectivity index (χ0) is 13.0. The van der Waals surface area contributed by atoms with Crippen LogP contribution in [0.5, 0.6) is 0 Å². The van der Waals surface area contributed by atoms with Gasteiger partial charge < -0.3 is 5.32 Å². The summed E-state index contributed by atoms with van der Waals surface area (Å²) in [6, 6.07) is 5.25. The van der Waals surface area contributed by atoms with Crippen molar-refractivity contribution in [2.24, 2.45) is 5.92 Å². The molecule has 0 aromatic heterocycles. The first-order chi connectivity index (χ1) is 8.55. The lowest BCUT2D eigenvalue weighted by molar-refractivity contribution is -0.137. The first kappa shape index (κ1) is 13.6. The first-order valence-corrected chi connectivity index (χ1v) is 7.20. The summed E-state index contributed by atoms with van der Waals surface area (Å²) >= 11 is 1.97. The van der Waals surface area contributed by atoms with Gasteiger partial charge in [0, 0.05) is 12.2 Å². The van der Waals surface area contributed by atoms with Crippen LogP contribution in [-0.2, 0) is 6.18 Å². The molecule has 0 aliphatic carbocycles. The quantitative estimate of drug-likeness (QED) is 0.884. The summed E-state index contributed by atoms with van der Waals surface area (Å²) in [5, 5.41) is 3.22. The molecule has 1 aromatic rings. The van der Waals surface area contributed by atoms with Gasteiger partial charge in [-0.3, -0.25) is 0 Å². The summed E-state index contributed by atoms with van der Waals surface area (Å²) in [5.41, 5.74) is 0.170. The van der Waals surface area contributed by atoms with Gasteiger partial charge in [-0.05, 0) is 54.5 Å². The Morgan fingerprint density at radius 1 is 1.11 bits per heavy atom. The van der Waals surface area contributed by atoms with Crippen molar-refractivity contribution in [3.05, 3.63) is 29.8 Å². The van der Waals surface area contributed by atoms with Gasteiger partial charge in [0.15, 0.2) is 0 Å². The molecular weight excluding hydrogens is 259 g/mol. The molecule has 1 nitrogen and oxygen atoms in total. The van der Waals surface area contributed by atoms with Crippen LogP contribution in [0.4, 0.5) is 18.9 Å². The van der Waals surface area contributed by atoms with Crippen LogP contribution in [0.2, 0.25) is 0 Å². The predicted octanol–water partition coefficient (Wildman–Crippen LogP) is 4.26. The number of alkyl halides is 3. The highest BCUT2D eigenvalue weighted by molar-refractivity contribution is 7.99. The summed E-state index contributed by atoms with van der Waals surface area (Å²) in [5.74, 6) is 3.03. The largest absolute Gasteiger partial charge is 0.416 e. The molecule has 0 saturated carbocycles. The second-order valence-electron chi connectivity index (χ2n) is 4.51. The van der Waals surface area contributed by atoms with Crippen molar-refractivity contribution in [2.75, 3.05) is 23.4 Å². The fourth-order valence-electron chi connectivity index (χ4n) is 1.99. The molecule has 1 saturated heterocycles. The fourth-order valence-corrected chi connectivity index (χ4v) is 3.19.